The summed E-state index contributed by atoms with van der Waals surface area (Å²) >= 11 is 0. The Morgan fingerprint density at radius 3 is 2.74 bits per heavy atom. The van der Waals surface area contributed by atoms with Crippen molar-refractivity contribution in [3.8, 4) is 5.75 Å². The van der Waals surface area contributed by atoms with Gasteiger partial charge in [0.2, 0.25) is 5.91 Å². The molecule has 0 atom stereocenters. The van der Waals surface area contributed by atoms with E-state index in [0.717, 1.165) is 6.54 Å². The highest BCUT2D eigenvalue weighted by Crippen LogP contribution is 2.22. The maximum Gasteiger partial charge on any atom is 0.250 e. The van der Waals surface area contributed by atoms with Gasteiger partial charge in [0.25, 0.3) is 0 Å². The number of rotatable bonds is 8. The van der Waals surface area contributed by atoms with Crippen molar-refractivity contribution in [3.63, 3.8) is 0 Å². The molecule has 2 N–H and O–H groups in total. The summed E-state index contributed by atoms with van der Waals surface area (Å²) in [5.74, 6) is 0.450. The van der Waals surface area contributed by atoms with E-state index in [1.165, 1.54) is 0 Å². The molecule has 0 aliphatic carbocycles. The number of hydrogen-bond donors (Lipinski definition) is 2. The molecule has 1 amide bonds. The van der Waals surface area contributed by atoms with Crippen LogP contribution in [0.5, 0.6) is 5.75 Å². The first-order valence-electron chi connectivity index (χ1n) is 6.37. The van der Waals surface area contributed by atoms with Crippen LogP contribution >= 0.6 is 0 Å². The van der Waals surface area contributed by atoms with Gasteiger partial charge in [-0.15, -0.1) is 0 Å². The summed E-state index contributed by atoms with van der Waals surface area (Å²) < 4.78 is 10.4. The molecule has 0 radical (unpaired) electrons. The van der Waals surface area contributed by atoms with Gasteiger partial charge in [0.1, 0.15) is 12.4 Å². The zero-order chi connectivity index (χ0) is 14.1. The third-order valence-corrected chi connectivity index (χ3v) is 2.41. The molecule has 0 saturated carbocycles. The molecule has 0 bridgehead atoms. The summed E-state index contributed by atoms with van der Waals surface area (Å²) in [6, 6.07) is 7.69. The quantitative estimate of drug-likeness (QED) is 0.702. The van der Waals surface area contributed by atoms with E-state index in [9.17, 15) is 4.79 Å². The van der Waals surface area contributed by atoms with Crippen molar-refractivity contribution in [2.24, 2.45) is 0 Å². The van der Waals surface area contributed by atoms with Gasteiger partial charge in [0, 0.05) is 12.6 Å². The van der Waals surface area contributed by atoms with Crippen molar-refractivity contribution in [3.05, 3.63) is 24.3 Å². The highest BCUT2D eigenvalue weighted by Gasteiger charge is 2.06. The van der Waals surface area contributed by atoms with Gasteiger partial charge in [0.05, 0.1) is 19.4 Å². The van der Waals surface area contributed by atoms with Crippen LogP contribution in [-0.2, 0) is 9.53 Å². The molecular formula is C14H22N2O3. The molecule has 5 heteroatoms. The van der Waals surface area contributed by atoms with E-state index in [1.807, 2.05) is 12.1 Å². The fourth-order valence-electron chi connectivity index (χ4n) is 1.52. The Hall–Kier alpha value is -1.59. The smallest absolute Gasteiger partial charge is 0.250 e. The van der Waals surface area contributed by atoms with Gasteiger partial charge >= 0.3 is 0 Å². The topological polar surface area (TPSA) is 59.6 Å². The van der Waals surface area contributed by atoms with Crippen molar-refractivity contribution < 1.29 is 14.3 Å². The Labute approximate surface area is 114 Å². The van der Waals surface area contributed by atoms with E-state index in [2.05, 4.69) is 24.5 Å². The lowest BCUT2D eigenvalue weighted by molar-refractivity contribution is -0.120. The summed E-state index contributed by atoms with van der Waals surface area (Å²) in [4.78, 5) is 11.7. The second kappa shape index (κ2) is 8.50. The lowest BCUT2D eigenvalue weighted by atomic mass is 10.3. The largest absolute Gasteiger partial charge is 0.495 e. The lowest BCUT2D eigenvalue weighted by Gasteiger charge is -2.11. The number of amides is 1. The molecule has 0 unspecified atom stereocenters. The molecule has 1 aromatic carbocycles. The Kier molecular flexibility index (Phi) is 6.92. The van der Waals surface area contributed by atoms with Crippen LogP contribution in [0.25, 0.3) is 0 Å². The zero-order valence-electron chi connectivity index (χ0n) is 11.7. The molecular weight excluding hydrogens is 244 g/mol. The summed E-state index contributed by atoms with van der Waals surface area (Å²) in [6.07, 6.45) is 0. The third kappa shape index (κ3) is 6.22. The zero-order valence-corrected chi connectivity index (χ0v) is 11.7. The van der Waals surface area contributed by atoms with Crippen molar-refractivity contribution in [1.29, 1.82) is 0 Å². The highest BCUT2D eigenvalue weighted by atomic mass is 16.5. The maximum atomic E-state index is 11.7. The second-order valence-electron chi connectivity index (χ2n) is 4.41. The van der Waals surface area contributed by atoms with Gasteiger partial charge in [-0.25, -0.2) is 0 Å². The number of para-hydroxylation sites is 2. The van der Waals surface area contributed by atoms with Crippen molar-refractivity contribution in [1.82, 2.24) is 5.32 Å². The number of carbonyl (C=O) groups excluding carboxylic acids is 1. The molecule has 1 aromatic rings. The molecule has 0 heterocycles. The SMILES string of the molecule is COc1ccccc1NC(=O)COCCNC(C)C. The summed E-state index contributed by atoms with van der Waals surface area (Å²) in [5, 5.41) is 5.96. The second-order valence-corrected chi connectivity index (χ2v) is 4.41. The first kappa shape index (κ1) is 15.5. The minimum absolute atomic E-state index is 0.0395. The molecule has 0 aliphatic heterocycles. The predicted molar refractivity (Wildman–Crippen MR) is 75.6 cm³/mol. The average Bonchev–Trinajstić information content (AvgIpc) is 2.38. The highest BCUT2D eigenvalue weighted by molar-refractivity contribution is 5.93. The molecule has 0 saturated heterocycles. The van der Waals surface area contributed by atoms with E-state index in [-0.39, 0.29) is 12.5 Å². The van der Waals surface area contributed by atoms with E-state index in [4.69, 9.17) is 9.47 Å². The van der Waals surface area contributed by atoms with Gasteiger partial charge < -0.3 is 20.1 Å². The first-order valence-corrected chi connectivity index (χ1v) is 6.37. The van der Waals surface area contributed by atoms with Gasteiger partial charge in [-0.1, -0.05) is 26.0 Å². The van der Waals surface area contributed by atoms with Gasteiger partial charge in [0.15, 0.2) is 0 Å². The number of nitrogens with one attached hydrogen (secondary N) is 2. The molecule has 1 rings (SSSR count). The van der Waals surface area contributed by atoms with Crippen LogP contribution in [0.4, 0.5) is 5.69 Å². The monoisotopic (exact) mass is 266 g/mol. The molecule has 0 aromatic heterocycles. The molecule has 0 spiro atoms. The molecule has 19 heavy (non-hydrogen) atoms. The first-order chi connectivity index (χ1) is 9.13. The number of ether oxygens (including phenoxy) is 2. The summed E-state index contributed by atoms with van der Waals surface area (Å²) in [5.41, 5.74) is 0.652. The fraction of sp³-hybridized carbons (Fsp3) is 0.500. The van der Waals surface area contributed by atoms with Crippen LogP contribution in [-0.4, -0.2) is 38.8 Å². The number of hydrogen-bond acceptors (Lipinski definition) is 4. The normalized spacial score (nSPS) is 10.5. The van der Waals surface area contributed by atoms with Crippen LogP contribution in [0.3, 0.4) is 0 Å². The van der Waals surface area contributed by atoms with Crippen molar-refractivity contribution in [2.75, 3.05) is 32.2 Å². The lowest BCUT2D eigenvalue weighted by Crippen LogP contribution is -2.28. The van der Waals surface area contributed by atoms with Crippen LogP contribution in [0.15, 0.2) is 24.3 Å². The van der Waals surface area contributed by atoms with Crippen LogP contribution in [0, 0.1) is 0 Å². The predicted octanol–water partition coefficient (Wildman–Crippen LogP) is 1.65. The summed E-state index contributed by atoms with van der Waals surface area (Å²) in [7, 11) is 1.57. The maximum absolute atomic E-state index is 11.7. The standard InChI is InChI=1S/C14H22N2O3/c1-11(2)15-8-9-19-10-14(17)16-12-6-4-5-7-13(12)18-3/h4-7,11,15H,8-10H2,1-3H3,(H,16,17). The number of methoxy groups -OCH3 is 1. The van der Waals surface area contributed by atoms with Crippen LogP contribution < -0.4 is 15.4 Å². The minimum atomic E-state index is -0.186. The van der Waals surface area contributed by atoms with E-state index in [1.54, 1.807) is 19.2 Å². The molecule has 106 valence electrons. The summed E-state index contributed by atoms with van der Waals surface area (Å²) in [6.45, 7) is 5.41. The number of carbonyl (C=O) groups is 1. The van der Waals surface area contributed by atoms with Gasteiger partial charge in [-0.05, 0) is 12.1 Å². The van der Waals surface area contributed by atoms with Crippen molar-refractivity contribution >= 4 is 11.6 Å². The van der Waals surface area contributed by atoms with Crippen molar-refractivity contribution in [2.45, 2.75) is 19.9 Å². The molecule has 0 fully saturated rings. The Morgan fingerprint density at radius 2 is 2.05 bits per heavy atom. The molecule has 5 nitrogen and oxygen atoms in total. The minimum Gasteiger partial charge on any atom is -0.495 e. The Bertz CT molecular complexity index is 394. The third-order valence-electron chi connectivity index (χ3n) is 2.41. The number of benzene rings is 1. The Balaban J connectivity index is 2.27. The molecule has 0 aliphatic rings. The van der Waals surface area contributed by atoms with E-state index in [0.29, 0.717) is 24.1 Å². The van der Waals surface area contributed by atoms with Crippen LogP contribution in [0.2, 0.25) is 0 Å². The van der Waals surface area contributed by atoms with Gasteiger partial charge in [-0.3, -0.25) is 4.79 Å². The average molecular weight is 266 g/mol. The van der Waals surface area contributed by atoms with Crippen LogP contribution in [0.1, 0.15) is 13.8 Å². The Morgan fingerprint density at radius 1 is 1.32 bits per heavy atom. The van der Waals surface area contributed by atoms with E-state index >= 15 is 0 Å². The van der Waals surface area contributed by atoms with Gasteiger partial charge in [-0.2, -0.15) is 0 Å². The fourth-order valence-corrected chi connectivity index (χ4v) is 1.52. The number of anilines is 1. The van der Waals surface area contributed by atoms with E-state index < -0.39 is 0 Å².